The molecule has 1 aromatic carbocycles. The molecule has 224 valence electrons. The number of hydrogen-bond donors (Lipinski definition) is 6. The van der Waals surface area contributed by atoms with E-state index in [0.29, 0.717) is 56.8 Å². The highest BCUT2D eigenvalue weighted by molar-refractivity contribution is 6.01. The van der Waals surface area contributed by atoms with Gasteiger partial charge in [-0.15, -0.1) is 0 Å². The maximum atomic E-state index is 13.7. The van der Waals surface area contributed by atoms with Crippen molar-refractivity contribution in [2.45, 2.75) is 58.2 Å². The van der Waals surface area contributed by atoms with E-state index in [1.807, 2.05) is 32.0 Å². The highest BCUT2D eigenvalue weighted by Gasteiger charge is 2.34. The Kier molecular flexibility index (Phi) is 10.6. The second kappa shape index (κ2) is 14.5. The van der Waals surface area contributed by atoms with Gasteiger partial charge >= 0.3 is 0 Å². The lowest BCUT2D eigenvalue weighted by molar-refractivity contribution is -0.126. The average molecular weight is 577 g/mol. The molecule has 6 N–H and O–H groups in total. The molecular formula is C30H40N8O4. The van der Waals surface area contributed by atoms with E-state index in [2.05, 4.69) is 42.5 Å². The van der Waals surface area contributed by atoms with Crippen molar-refractivity contribution in [3.05, 3.63) is 47.9 Å². The Labute approximate surface area is 245 Å². The SMILES string of the molecule is COc1cccc2[nH]c(C(=O)N[C@@H](CC(C)C)C(=O)N[C@@H](C[C@@H]3CCNC3=O)C(C#N)CCNCc3cn[nH]c3)cc12. The number of fused-ring (bicyclic) bond motifs is 1. The third-order valence-corrected chi connectivity index (χ3v) is 7.61. The molecule has 0 aliphatic carbocycles. The Morgan fingerprint density at radius 1 is 1.26 bits per heavy atom. The van der Waals surface area contributed by atoms with Gasteiger partial charge in [0.05, 0.1) is 25.3 Å². The fourth-order valence-corrected chi connectivity index (χ4v) is 5.37. The van der Waals surface area contributed by atoms with E-state index < -0.39 is 23.9 Å². The summed E-state index contributed by atoms with van der Waals surface area (Å²) in [6.07, 6.45) is 5.41. The second-order valence-corrected chi connectivity index (χ2v) is 11.2. The molecule has 1 unspecified atom stereocenters. The predicted octanol–water partition coefficient (Wildman–Crippen LogP) is 2.37. The van der Waals surface area contributed by atoms with Gasteiger partial charge in [0.2, 0.25) is 11.8 Å². The minimum absolute atomic E-state index is 0.0645. The molecule has 3 heterocycles. The molecule has 1 aliphatic rings. The number of aromatic nitrogens is 3. The average Bonchev–Trinajstić information content (AvgIpc) is 3.73. The molecule has 1 aliphatic heterocycles. The molecule has 0 saturated carbocycles. The smallest absolute Gasteiger partial charge is 0.268 e. The van der Waals surface area contributed by atoms with Gasteiger partial charge in [0.1, 0.15) is 17.5 Å². The van der Waals surface area contributed by atoms with Gasteiger partial charge in [-0.3, -0.25) is 19.5 Å². The Hall–Kier alpha value is -4.37. The summed E-state index contributed by atoms with van der Waals surface area (Å²) in [6.45, 7) is 5.67. The molecular weight excluding hydrogens is 536 g/mol. The van der Waals surface area contributed by atoms with Crippen LogP contribution in [0.4, 0.5) is 0 Å². The number of rotatable bonds is 15. The predicted molar refractivity (Wildman–Crippen MR) is 157 cm³/mol. The first-order valence-corrected chi connectivity index (χ1v) is 14.4. The quantitative estimate of drug-likeness (QED) is 0.150. The first kappa shape index (κ1) is 30.6. The molecule has 3 aromatic rings. The lowest BCUT2D eigenvalue weighted by atomic mass is 9.88. The maximum Gasteiger partial charge on any atom is 0.268 e. The van der Waals surface area contributed by atoms with Crippen LogP contribution in [0.2, 0.25) is 0 Å². The first-order chi connectivity index (χ1) is 20.3. The standard InChI is InChI=1S/C30H40N8O4/c1-18(2)11-25(38-30(41)26-13-22-23(36-26)5-4-6-27(22)42-3)29(40)37-24(12-20-8-10-33-28(20)39)21(14-31)7-9-32-15-19-16-34-35-17-19/h4-6,13,16-18,20-21,24-25,32,36H,7-12,15H2,1-3H3,(H,33,39)(H,34,35)(H,37,40)(H,38,41)/t20-,21?,24-,25-/m0/s1. The molecule has 0 spiro atoms. The Balaban J connectivity index is 1.47. The highest BCUT2D eigenvalue weighted by atomic mass is 16.5. The van der Waals surface area contributed by atoms with Crippen LogP contribution in [0.3, 0.4) is 0 Å². The molecule has 42 heavy (non-hydrogen) atoms. The summed E-state index contributed by atoms with van der Waals surface area (Å²) in [5, 5.41) is 29.6. The summed E-state index contributed by atoms with van der Waals surface area (Å²) in [6, 6.07) is 8.17. The van der Waals surface area contributed by atoms with Gasteiger partial charge in [-0.1, -0.05) is 19.9 Å². The molecule has 0 radical (unpaired) electrons. The van der Waals surface area contributed by atoms with E-state index in [-0.39, 0.29) is 23.7 Å². The number of H-pyrrole nitrogens is 2. The topological polar surface area (TPSA) is 177 Å². The monoisotopic (exact) mass is 576 g/mol. The van der Waals surface area contributed by atoms with Crippen molar-refractivity contribution in [3.8, 4) is 11.8 Å². The fourth-order valence-electron chi connectivity index (χ4n) is 5.37. The molecule has 2 aromatic heterocycles. The molecule has 12 heteroatoms. The van der Waals surface area contributed by atoms with Crippen LogP contribution in [0, 0.1) is 29.1 Å². The molecule has 3 amide bonds. The Morgan fingerprint density at radius 3 is 2.76 bits per heavy atom. The fraction of sp³-hybridized carbons (Fsp3) is 0.500. The molecule has 1 fully saturated rings. The van der Waals surface area contributed by atoms with Crippen LogP contribution < -0.4 is 26.0 Å². The normalized spacial score (nSPS) is 16.9. The van der Waals surface area contributed by atoms with Crippen molar-refractivity contribution in [3.63, 3.8) is 0 Å². The molecule has 12 nitrogen and oxygen atoms in total. The summed E-state index contributed by atoms with van der Waals surface area (Å²) in [4.78, 5) is 42.5. The van der Waals surface area contributed by atoms with Crippen molar-refractivity contribution in [2.24, 2.45) is 17.8 Å². The minimum Gasteiger partial charge on any atom is -0.496 e. The van der Waals surface area contributed by atoms with Crippen LogP contribution >= 0.6 is 0 Å². The zero-order valence-electron chi connectivity index (χ0n) is 24.3. The number of nitrogens with zero attached hydrogens (tertiary/aromatic N) is 2. The number of benzene rings is 1. The summed E-state index contributed by atoms with van der Waals surface area (Å²) in [5.74, 6) is -0.922. The number of ether oxygens (including phenoxy) is 1. The Morgan fingerprint density at radius 2 is 2.10 bits per heavy atom. The summed E-state index contributed by atoms with van der Waals surface area (Å²) in [5.41, 5.74) is 2.06. The van der Waals surface area contributed by atoms with Gasteiger partial charge < -0.3 is 31.0 Å². The molecule has 1 saturated heterocycles. The van der Waals surface area contributed by atoms with Gasteiger partial charge in [-0.2, -0.15) is 10.4 Å². The van der Waals surface area contributed by atoms with Crippen LogP contribution in [-0.2, 0) is 16.1 Å². The number of carbonyl (C=O) groups is 3. The molecule has 4 atom stereocenters. The van der Waals surface area contributed by atoms with Gasteiger partial charge in [-0.05, 0) is 56.3 Å². The van der Waals surface area contributed by atoms with E-state index in [1.165, 1.54) is 0 Å². The van der Waals surface area contributed by atoms with E-state index in [9.17, 15) is 19.6 Å². The minimum atomic E-state index is -0.829. The second-order valence-electron chi connectivity index (χ2n) is 11.2. The summed E-state index contributed by atoms with van der Waals surface area (Å²) in [7, 11) is 1.57. The largest absolute Gasteiger partial charge is 0.496 e. The van der Waals surface area contributed by atoms with Crippen molar-refractivity contribution < 1.29 is 19.1 Å². The highest BCUT2D eigenvalue weighted by Crippen LogP contribution is 2.26. The molecule has 0 bridgehead atoms. The van der Waals surface area contributed by atoms with Gasteiger partial charge in [-0.25, -0.2) is 0 Å². The van der Waals surface area contributed by atoms with Gasteiger partial charge in [0.25, 0.3) is 5.91 Å². The number of methoxy groups -OCH3 is 1. The number of carbonyl (C=O) groups excluding carboxylic acids is 3. The van der Waals surface area contributed by atoms with Gasteiger partial charge in [0, 0.05) is 47.7 Å². The van der Waals surface area contributed by atoms with Crippen molar-refractivity contribution in [1.82, 2.24) is 36.4 Å². The lowest BCUT2D eigenvalue weighted by Crippen LogP contribution is -2.52. The van der Waals surface area contributed by atoms with E-state index >= 15 is 0 Å². The van der Waals surface area contributed by atoms with Crippen molar-refractivity contribution >= 4 is 28.6 Å². The van der Waals surface area contributed by atoms with E-state index in [0.717, 1.165) is 16.5 Å². The van der Waals surface area contributed by atoms with Crippen molar-refractivity contribution in [1.29, 1.82) is 5.26 Å². The number of nitriles is 1. The van der Waals surface area contributed by atoms with Crippen LogP contribution in [-0.4, -0.2) is 65.2 Å². The number of hydrogen-bond acceptors (Lipinski definition) is 7. The zero-order valence-corrected chi connectivity index (χ0v) is 24.3. The van der Waals surface area contributed by atoms with Crippen LogP contribution in [0.1, 0.15) is 55.6 Å². The van der Waals surface area contributed by atoms with Gasteiger partial charge in [0.15, 0.2) is 0 Å². The first-order valence-electron chi connectivity index (χ1n) is 14.4. The van der Waals surface area contributed by atoms with Crippen LogP contribution in [0.5, 0.6) is 5.75 Å². The van der Waals surface area contributed by atoms with Crippen molar-refractivity contribution in [2.75, 3.05) is 20.2 Å². The summed E-state index contributed by atoms with van der Waals surface area (Å²) < 4.78 is 5.41. The number of aromatic amines is 2. The van der Waals surface area contributed by atoms with Crippen LogP contribution in [0.25, 0.3) is 10.9 Å². The van der Waals surface area contributed by atoms with E-state index in [1.54, 1.807) is 25.6 Å². The lowest BCUT2D eigenvalue weighted by Gasteiger charge is -2.28. The zero-order chi connectivity index (χ0) is 30.1. The Bertz CT molecular complexity index is 1390. The number of nitrogens with one attached hydrogen (secondary N) is 6. The third kappa shape index (κ3) is 7.88. The van der Waals surface area contributed by atoms with Crippen LogP contribution in [0.15, 0.2) is 36.7 Å². The third-order valence-electron chi connectivity index (χ3n) is 7.61. The summed E-state index contributed by atoms with van der Waals surface area (Å²) >= 11 is 0. The molecule has 4 rings (SSSR count). The van der Waals surface area contributed by atoms with E-state index in [4.69, 9.17) is 4.74 Å². The maximum absolute atomic E-state index is 13.7. The number of amides is 3.